The van der Waals surface area contributed by atoms with Crippen LogP contribution < -0.4 is 10.1 Å². The minimum Gasteiger partial charge on any atom is -0.494 e. The number of hydrogen-bond acceptors (Lipinski definition) is 8. The van der Waals surface area contributed by atoms with Crippen LogP contribution in [0.25, 0.3) is 10.2 Å². The number of fused-ring (bicyclic) bond motifs is 2. The smallest absolute Gasteiger partial charge is 0.282 e. The number of benzene rings is 2. The van der Waals surface area contributed by atoms with Gasteiger partial charge in [0.15, 0.2) is 5.13 Å². The van der Waals surface area contributed by atoms with Crippen molar-refractivity contribution in [2.24, 2.45) is 0 Å². The molecule has 0 saturated heterocycles. The number of amides is 3. The van der Waals surface area contributed by atoms with E-state index in [-0.39, 0.29) is 11.1 Å². The molecule has 1 aliphatic rings. The van der Waals surface area contributed by atoms with Crippen molar-refractivity contribution < 1.29 is 24.0 Å². The summed E-state index contributed by atoms with van der Waals surface area (Å²) in [5.41, 5.74) is -0.200. The highest BCUT2D eigenvalue weighted by Crippen LogP contribution is 2.31. The predicted octanol–water partition coefficient (Wildman–Crippen LogP) is 2.84. The lowest BCUT2D eigenvalue weighted by molar-refractivity contribution is -0.385. The van der Waals surface area contributed by atoms with E-state index in [0.717, 1.165) is 10.8 Å². The third-order valence-electron chi connectivity index (χ3n) is 4.39. The lowest BCUT2D eigenvalue weighted by Crippen LogP contribution is -2.37. The fraction of sp³-hybridized carbons (Fsp3) is 0.158. The number of nitrogens with one attached hydrogen (secondary N) is 1. The molecule has 1 aromatic heterocycles. The Morgan fingerprint density at radius 3 is 2.80 bits per heavy atom. The quantitative estimate of drug-likeness (QED) is 0.364. The zero-order chi connectivity index (χ0) is 21.4. The minimum atomic E-state index is -0.872. The monoisotopic (exact) mass is 426 g/mol. The van der Waals surface area contributed by atoms with E-state index >= 15 is 0 Å². The maximum atomic E-state index is 12.6. The maximum Gasteiger partial charge on any atom is 0.282 e. The second kappa shape index (κ2) is 7.52. The molecule has 0 radical (unpaired) electrons. The number of carbonyl (C=O) groups is 3. The lowest BCUT2D eigenvalue weighted by Gasteiger charge is -2.12. The van der Waals surface area contributed by atoms with Gasteiger partial charge in [-0.2, -0.15) is 0 Å². The summed E-state index contributed by atoms with van der Waals surface area (Å²) in [6.45, 7) is 1.81. The SMILES string of the molecule is CCOc1ccc2nc(NC(=O)CN3C(=O)c4cccc([N+](=O)[O-])c4C3=O)sc2c1. The molecule has 0 bridgehead atoms. The van der Waals surface area contributed by atoms with Crippen LogP contribution in [-0.2, 0) is 4.79 Å². The van der Waals surface area contributed by atoms with Crippen molar-refractivity contribution in [3.63, 3.8) is 0 Å². The lowest BCUT2D eigenvalue weighted by atomic mass is 10.1. The van der Waals surface area contributed by atoms with Gasteiger partial charge in [-0.15, -0.1) is 0 Å². The van der Waals surface area contributed by atoms with Crippen molar-refractivity contribution in [3.05, 3.63) is 57.6 Å². The highest BCUT2D eigenvalue weighted by molar-refractivity contribution is 7.22. The summed E-state index contributed by atoms with van der Waals surface area (Å²) >= 11 is 1.22. The Morgan fingerprint density at radius 1 is 1.27 bits per heavy atom. The number of thiazole rings is 1. The van der Waals surface area contributed by atoms with Crippen molar-refractivity contribution >= 4 is 50.1 Å². The number of nitro benzene ring substituents is 1. The van der Waals surface area contributed by atoms with E-state index < -0.39 is 34.9 Å². The van der Waals surface area contributed by atoms with Crippen LogP contribution in [0.5, 0.6) is 5.75 Å². The van der Waals surface area contributed by atoms with Crippen LogP contribution in [0.2, 0.25) is 0 Å². The molecule has 0 atom stereocenters. The normalized spacial score (nSPS) is 12.9. The molecule has 3 aromatic rings. The zero-order valence-electron chi connectivity index (χ0n) is 15.6. The van der Waals surface area contributed by atoms with E-state index in [9.17, 15) is 24.5 Å². The van der Waals surface area contributed by atoms with Gasteiger partial charge in [0.25, 0.3) is 17.5 Å². The molecule has 10 nitrogen and oxygen atoms in total. The van der Waals surface area contributed by atoms with Gasteiger partial charge in [-0.1, -0.05) is 17.4 Å². The van der Waals surface area contributed by atoms with Crippen LogP contribution in [0.4, 0.5) is 10.8 Å². The third kappa shape index (κ3) is 3.35. The van der Waals surface area contributed by atoms with Gasteiger partial charge in [0.2, 0.25) is 5.91 Å². The van der Waals surface area contributed by atoms with E-state index in [4.69, 9.17) is 4.74 Å². The summed E-state index contributed by atoms with van der Waals surface area (Å²) in [7, 11) is 0. The fourth-order valence-corrected chi connectivity index (χ4v) is 4.04. The zero-order valence-corrected chi connectivity index (χ0v) is 16.4. The number of nitro groups is 1. The van der Waals surface area contributed by atoms with Crippen LogP contribution in [0.1, 0.15) is 27.6 Å². The second-order valence-corrected chi connectivity index (χ2v) is 7.31. The second-order valence-electron chi connectivity index (χ2n) is 6.28. The Balaban J connectivity index is 1.51. The molecule has 1 aliphatic heterocycles. The number of imide groups is 1. The Kier molecular flexibility index (Phi) is 4.88. The van der Waals surface area contributed by atoms with Gasteiger partial charge in [-0.3, -0.25) is 29.4 Å². The Bertz CT molecular complexity index is 1220. The van der Waals surface area contributed by atoms with Crippen molar-refractivity contribution in [1.82, 2.24) is 9.88 Å². The molecule has 152 valence electrons. The Morgan fingerprint density at radius 2 is 2.07 bits per heavy atom. The summed E-state index contributed by atoms with van der Waals surface area (Å²) in [5, 5.41) is 14.0. The first-order valence-corrected chi connectivity index (χ1v) is 9.67. The Labute approximate surface area is 173 Å². The summed E-state index contributed by atoms with van der Waals surface area (Å²) in [5.74, 6) is -1.59. The predicted molar refractivity (Wildman–Crippen MR) is 108 cm³/mol. The third-order valence-corrected chi connectivity index (χ3v) is 5.33. The van der Waals surface area contributed by atoms with E-state index in [0.29, 0.717) is 27.9 Å². The molecule has 0 fully saturated rings. The highest BCUT2D eigenvalue weighted by atomic mass is 32.1. The molecular formula is C19H14N4O6S. The van der Waals surface area contributed by atoms with Crippen LogP contribution in [0, 0.1) is 10.1 Å². The molecule has 11 heteroatoms. The van der Waals surface area contributed by atoms with Gasteiger partial charge in [0.1, 0.15) is 17.9 Å². The molecule has 3 amide bonds. The summed E-state index contributed by atoms with van der Waals surface area (Å²) < 4.78 is 6.23. The van der Waals surface area contributed by atoms with Gasteiger partial charge in [-0.25, -0.2) is 4.98 Å². The van der Waals surface area contributed by atoms with Crippen molar-refractivity contribution in [3.8, 4) is 5.75 Å². The van der Waals surface area contributed by atoms with Gasteiger partial charge in [0.05, 0.1) is 27.3 Å². The van der Waals surface area contributed by atoms with Gasteiger partial charge >= 0.3 is 0 Å². The standard InChI is InChI=1S/C19H14N4O6S/c1-2-29-10-6-7-12-14(8-10)30-19(20-12)21-15(24)9-22-17(25)11-4-3-5-13(23(27)28)16(11)18(22)26/h3-8H,2,9H2,1H3,(H,20,21,24). The number of carbonyl (C=O) groups excluding carboxylic acids is 3. The number of nitrogens with zero attached hydrogens (tertiary/aromatic N) is 3. The topological polar surface area (TPSA) is 132 Å². The van der Waals surface area contributed by atoms with Gasteiger partial charge < -0.3 is 10.1 Å². The van der Waals surface area contributed by atoms with E-state index in [2.05, 4.69) is 10.3 Å². The number of anilines is 1. The molecule has 0 aliphatic carbocycles. The van der Waals surface area contributed by atoms with E-state index in [1.54, 1.807) is 18.2 Å². The first kappa shape index (κ1) is 19.5. The molecule has 0 unspecified atom stereocenters. The van der Waals surface area contributed by atoms with E-state index in [1.165, 1.54) is 23.5 Å². The maximum absolute atomic E-state index is 12.6. The van der Waals surface area contributed by atoms with Crippen molar-refractivity contribution in [2.75, 3.05) is 18.5 Å². The molecule has 0 saturated carbocycles. The van der Waals surface area contributed by atoms with Crippen molar-refractivity contribution in [2.45, 2.75) is 6.92 Å². The Hall–Kier alpha value is -3.86. The number of aromatic nitrogens is 1. The fourth-order valence-electron chi connectivity index (χ4n) is 3.13. The first-order valence-electron chi connectivity index (χ1n) is 8.86. The molecule has 2 aromatic carbocycles. The largest absolute Gasteiger partial charge is 0.494 e. The first-order chi connectivity index (χ1) is 14.4. The molecular weight excluding hydrogens is 412 g/mol. The van der Waals surface area contributed by atoms with Crippen LogP contribution in [-0.4, -0.2) is 45.7 Å². The molecule has 1 N–H and O–H groups in total. The molecule has 30 heavy (non-hydrogen) atoms. The minimum absolute atomic E-state index is 0.0922. The molecule has 2 heterocycles. The summed E-state index contributed by atoms with van der Waals surface area (Å²) in [4.78, 5) is 52.9. The van der Waals surface area contributed by atoms with Gasteiger partial charge in [0, 0.05) is 6.07 Å². The van der Waals surface area contributed by atoms with Gasteiger partial charge in [-0.05, 0) is 31.2 Å². The highest BCUT2D eigenvalue weighted by Gasteiger charge is 2.41. The average molecular weight is 426 g/mol. The molecule has 0 spiro atoms. The molecule has 4 rings (SSSR count). The number of ether oxygens (including phenoxy) is 1. The van der Waals surface area contributed by atoms with Crippen LogP contribution in [0.15, 0.2) is 36.4 Å². The van der Waals surface area contributed by atoms with E-state index in [1.807, 2.05) is 6.92 Å². The summed E-state index contributed by atoms with van der Waals surface area (Å²) in [6.07, 6.45) is 0. The average Bonchev–Trinajstić information content (AvgIpc) is 3.21. The number of hydrogen-bond donors (Lipinski definition) is 1. The van der Waals surface area contributed by atoms with Crippen LogP contribution >= 0.6 is 11.3 Å². The van der Waals surface area contributed by atoms with Crippen LogP contribution in [0.3, 0.4) is 0 Å². The summed E-state index contributed by atoms with van der Waals surface area (Å²) in [6, 6.07) is 9.12. The van der Waals surface area contributed by atoms with Crippen molar-refractivity contribution in [1.29, 1.82) is 0 Å². The number of rotatable bonds is 6.